The molecule has 0 bridgehead atoms. The average molecular weight is 416 g/mol. The molecule has 0 saturated carbocycles. The van der Waals surface area contributed by atoms with Gasteiger partial charge in [0, 0.05) is 30.9 Å². The highest BCUT2D eigenvalue weighted by atomic mass is 32.1. The van der Waals surface area contributed by atoms with Crippen molar-refractivity contribution >= 4 is 27.5 Å². The van der Waals surface area contributed by atoms with Crippen molar-refractivity contribution in [2.45, 2.75) is 26.4 Å². The van der Waals surface area contributed by atoms with Crippen molar-refractivity contribution in [1.29, 1.82) is 5.26 Å². The van der Waals surface area contributed by atoms with Crippen molar-refractivity contribution in [2.24, 2.45) is 0 Å². The van der Waals surface area contributed by atoms with Gasteiger partial charge in [0.05, 0.1) is 29.6 Å². The van der Waals surface area contributed by atoms with Gasteiger partial charge in [-0.3, -0.25) is 14.5 Å². The maximum absolute atomic E-state index is 13.3. The molecule has 0 aliphatic heterocycles. The molecule has 0 fully saturated rings. The first-order valence-corrected chi connectivity index (χ1v) is 10.5. The largest absolute Gasteiger partial charge is 0.333 e. The van der Waals surface area contributed by atoms with Crippen molar-refractivity contribution in [3.63, 3.8) is 0 Å². The monoisotopic (exact) mass is 415 g/mol. The van der Waals surface area contributed by atoms with Gasteiger partial charge in [0.25, 0.3) is 5.91 Å². The SMILES string of the molecule is Cc1nn(Cc2ccccc2)c2sc(C(=O)N(CCC#N)Cc3cccnc3)cc12. The fourth-order valence-corrected chi connectivity index (χ4v) is 4.52. The standard InChI is InChI=1S/C23H21N5OS/c1-17-20-13-21(30-23(20)28(26-17)16-18-7-3-2-4-8-18)22(29)27(12-6-10-24)15-19-9-5-11-25-14-19/h2-5,7-9,11,13-14H,6,12,15-16H2,1H3. The van der Waals surface area contributed by atoms with E-state index in [4.69, 9.17) is 5.26 Å². The number of nitrogens with zero attached hydrogens (tertiary/aromatic N) is 5. The number of benzene rings is 1. The van der Waals surface area contributed by atoms with Gasteiger partial charge in [-0.15, -0.1) is 11.3 Å². The van der Waals surface area contributed by atoms with Crippen LogP contribution in [0.15, 0.2) is 60.9 Å². The fraction of sp³-hybridized carbons (Fsp3) is 0.217. The molecule has 1 amide bonds. The number of amides is 1. The zero-order valence-electron chi connectivity index (χ0n) is 16.7. The number of nitriles is 1. The summed E-state index contributed by atoms with van der Waals surface area (Å²) < 4.78 is 1.96. The number of hydrogen-bond acceptors (Lipinski definition) is 5. The summed E-state index contributed by atoms with van der Waals surface area (Å²) in [7, 11) is 0. The molecular weight excluding hydrogens is 394 g/mol. The molecule has 4 aromatic rings. The Kier molecular flexibility index (Phi) is 5.87. The summed E-state index contributed by atoms with van der Waals surface area (Å²) in [6, 6.07) is 18.0. The van der Waals surface area contributed by atoms with Gasteiger partial charge in [-0.05, 0) is 30.2 Å². The summed E-state index contributed by atoms with van der Waals surface area (Å²) >= 11 is 1.46. The number of carbonyl (C=O) groups excluding carboxylic acids is 1. The van der Waals surface area contributed by atoms with E-state index in [0.717, 1.165) is 27.0 Å². The lowest BCUT2D eigenvalue weighted by Crippen LogP contribution is -2.30. The minimum absolute atomic E-state index is 0.0686. The second-order valence-electron chi connectivity index (χ2n) is 7.05. The van der Waals surface area contributed by atoms with E-state index in [9.17, 15) is 4.79 Å². The van der Waals surface area contributed by atoms with Gasteiger partial charge in [-0.1, -0.05) is 36.4 Å². The molecule has 3 heterocycles. The molecular formula is C23H21N5OS. The van der Waals surface area contributed by atoms with Gasteiger partial charge in [0.15, 0.2) is 0 Å². The lowest BCUT2D eigenvalue weighted by molar-refractivity contribution is 0.0751. The minimum Gasteiger partial charge on any atom is -0.333 e. The Morgan fingerprint density at radius 2 is 2.00 bits per heavy atom. The Hall–Kier alpha value is -3.50. The molecule has 0 radical (unpaired) electrons. The van der Waals surface area contributed by atoms with Crippen LogP contribution >= 0.6 is 11.3 Å². The second kappa shape index (κ2) is 8.89. The van der Waals surface area contributed by atoms with E-state index in [1.54, 1.807) is 17.3 Å². The molecule has 7 heteroatoms. The topological polar surface area (TPSA) is 74.8 Å². The number of thiophene rings is 1. The van der Waals surface area contributed by atoms with E-state index in [2.05, 4.69) is 28.3 Å². The number of aromatic nitrogens is 3. The number of carbonyl (C=O) groups is 1. The predicted molar refractivity (Wildman–Crippen MR) is 117 cm³/mol. The highest BCUT2D eigenvalue weighted by Gasteiger charge is 2.21. The van der Waals surface area contributed by atoms with Crippen LogP contribution in [0.25, 0.3) is 10.2 Å². The summed E-state index contributed by atoms with van der Waals surface area (Å²) in [5.41, 5.74) is 3.01. The number of pyridine rings is 1. The maximum atomic E-state index is 13.3. The van der Waals surface area contributed by atoms with Crippen LogP contribution < -0.4 is 0 Å². The predicted octanol–water partition coefficient (Wildman–Crippen LogP) is 4.41. The van der Waals surface area contributed by atoms with Crippen molar-refractivity contribution < 1.29 is 4.79 Å². The third-order valence-corrected chi connectivity index (χ3v) is 6.01. The summed E-state index contributed by atoms with van der Waals surface area (Å²) in [6.45, 7) is 3.44. The summed E-state index contributed by atoms with van der Waals surface area (Å²) in [5, 5.41) is 14.7. The van der Waals surface area contributed by atoms with Crippen LogP contribution in [-0.4, -0.2) is 32.1 Å². The molecule has 150 valence electrons. The first-order valence-electron chi connectivity index (χ1n) is 9.71. The summed E-state index contributed by atoms with van der Waals surface area (Å²) in [6.07, 6.45) is 3.75. The molecule has 0 saturated heterocycles. The zero-order chi connectivity index (χ0) is 20.9. The molecule has 4 rings (SSSR count). The fourth-order valence-electron chi connectivity index (χ4n) is 3.39. The third-order valence-electron chi connectivity index (χ3n) is 4.87. The molecule has 6 nitrogen and oxygen atoms in total. The summed E-state index contributed by atoms with van der Waals surface area (Å²) in [4.78, 5) is 20.8. The van der Waals surface area contributed by atoms with Crippen molar-refractivity contribution in [2.75, 3.05) is 6.54 Å². The first-order chi connectivity index (χ1) is 14.7. The molecule has 0 unspecified atom stereocenters. The van der Waals surface area contributed by atoms with Gasteiger partial charge in [-0.25, -0.2) is 0 Å². The normalized spacial score (nSPS) is 10.8. The first kappa shape index (κ1) is 19.8. The Labute approximate surface area is 179 Å². The Balaban J connectivity index is 1.62. The van der Waals surface area contributed by atoms with Crippen LogP contribution in [-0.2, 0) is 13.1 Å². The molecule has 0 aliphatic rings. The van der Waals surface area contributed by atoms with E-state index in [-0.39, 0.29) is 12.3 Å². The third kappa shape index (κ3) is 4.24. The Morgan fingerprint density at radius 3 is 2.73 bits per heavy atom. The molecule has 30 heavy (non-hydrogen) atoms. The van der Waals surface area contributed by atoms with E-state index in [1.165, 1.54) is 11.3 Å². The highest BCUT2D eigenvalue weighted by molar-refractivity contribution is 7.20. The van der Waals surface area contributed by atoms with Gasteiger partial charge >= 0.3 is 0 Å². The van der Waals surface area contributed by atoms with E-state index in [1.807, 2.05) is 48.0 Å². The van der Waals surface area contributed by atoms with Crippen LogP contribution in [0.2, 0.25) is 0 Å². The Morgan fingerprint density at radius 1 is 1.20 bits per heavy atom. The van der Waals surface area contributed by atoms with Gasteiger partial charge in [0.1, 0.15) is 4.83 Å². The molecule has 1 aromatic carbocycles. The molecule has 0 aliphatic carbocycles. The molecule has 0 atom stereocenters. The van der Waals surface area contributed by atoms with E-state index in [0.29, 0.717) is 24.5 Å². The molecule has 0 N–H and O–H groups in total. The second-order valence-corrected chi connectivity index (χ2v) is 8.08. The van der Waals surface area contributed by atoms with Crippen molar-refractivity contribution in [3.05, 3.63) is 82.6 Å². The Bertz CT molecular complexity index is 1190. The van der Waals surface area contributed by atoms with Crippen LogP contribution in [0.4, 0.5) is 0 Å². The van der Waals surface area contributed by atoms with Crippen LogP contribution in [0.5, 0.6) is 0 Å². The van der Waals surface area contributed by atoms with E-state index < -0.39 is 0 Å². The number of aryl methyl sites for hydroxylation is 1. The number of fused-ring (bicyclic) bond motifs is 1. The van der Waals surface area contributed by atoms with Crippen molar-refractivity contribution in [3.8, 4) is 6.07 Å². The lowest BCUT2D eigenvalue weighted by atomic mass is 10.2. The van der Waals surface area contributed by atoms with Gasteiger partial charge < -0.3 is 4.90 Å². The van der Waals surface area contributed by atoms with Gasteiger partial charge in [-0.2, -0.15) is 10.4 Å². The number of rotatable bonds is 7. The minimum atomic E-state index is -0.0686. The van der Waals surface area contributed by atoms with Gasteiger partial charge in [0.2, 0.25) is 0 Å². The molecule has 0 spiro atoms. The van der Waals surface area contributed by atoms with E-state index >= 15 is 0 Å². The smallest absolute Gasteiger partial charge is 0.264 e. The zero-order valence-corrected chi connectivity index (χ0v) is 17.5. The average Bonchev–Trinajstić information content (AvgIpc) is 3.33. The van der Waals surface area contributed by atoms with Crippen LogP contribution in [0.1, 0.15) is 32.9 Å². The lowest BCUT2D eigenvalue weighted by Gasteiger charge is -2.20. The quantitative estimate of drug-likeness (QED) is 0.448. The number of hydrogen-bond donors (Lipinski definition) is 0. The summed E-state index contributed by atoms with van der Waals surface area (Å²) in [5.74, 6) is -0.0686. The molecule has 3 aromatic heterocycles. The van der Waals surface area contributed by atoms with Crippen molar-refractivity contribution in [1.82, 2.24) is 19.7 Å². The van der Waals surface area contributed by atoms with Crippen LogP contribution in [0.3, 0.4) is 0 Å². The van der Waals surface area contributed by atoms with Crippen LogP contribution in [0, 0.1) is 18.3 Å². The highest BCUT2D eigenvalue weighted by Crippen LogP contribution is 2.30. The maximum Gasteiger partial charge on any atom is 0.264 e.